The third kappa shape index (κ3) is 7.95. The molecule has 0 spiro atoms. The molecule has 2 nitrogen and oxygen atoms in total. The Balaban J connectivity index is 1.85. The molecule has 1 N–H and O–H groups in total. The lowest BCUT2D eigenvalue weighted by atomic mass is 9.60. The zero-order valence-electron chi connectivity index (χ0n) is 35.6. The van der Waals surface area contributed by atoms with E-state index in [2.05, 4.69) is 182 Å². The average molecular weight is 725 g/mol. The van der Waals surface area contributed by atoms with Gasteiger partial charge >= 0.3 is 0 Å². The second kappa shape index (κ2) is 13.0. The third-order valence-electron chi connectivity index (χ3n) is 11.9. The Morgan fingerprint density at radius 2 is 1.06 bits per heavy atom. The second-order valence-electron chi connectivity index (χ2n) is 22.4. The highest BCUT2D eigenvalue weighted by molar-refractivity contribution is 6.26. The van der Waals surface area contributed by atoms with E-state index in [0.29, 0.717) is 6.42 Å². The first-order chi connectivity index (χ1) is 23.5. The van der Waals surface area contributed by atoms with Gasteiger partial charge in [0.15, 0.2) is 0 Å². The first-order valence-corrected chi connectivity index (χ1v) is 20.1. The van der Waals surface area contributed by atoms with E-state index in [1.165, 1.54) is 21.9 Å². The van der Waals surface area contributed by atoms with Crippen molar-refractivity contribution < 1.29 is 5.11 Å². The first kappa shape index (κ1) is 40.6. The Kier molecular flexibility index (Phi) is 10.2. The maximum atomic E-state index is 12.8. The summed E-state index contributed by atoms with van der Waals surface area (Å²) in [4.78, 5) is -0.717. The number of aliphatic hydroxyl groups excluding tert-OH is 1. The van der Waals surface area contributed by atoms with Gasteiger partial charge in [0.2, 0.25) is 0 Å². The molecule has 0 saturated heterocycles. The molecule has 5 rings (SSSR count). The predicted octanol–water partition coefficient (Wildman–Crippen LogP) is 14.2. The molecule has 0 saturated carbocycles. The van der Waals surface area contributed by atoms with Crippen LogP contribution in [0.1, 0.15) is 153 Å². The van der Waals surface area contributed by atoms with E-state index in [1.807, 2.05) is 6.07 Å². The Labute approximate surface area is 322 Å². The summed E-state index contributed by atoms with van der Waals surface area (Å²) >= 11 is 8.08. The average Bonchev–Trinajstić information content (AvgIpc) is 3.30. The fourth-order valence-corrected chi connectivity index (χ4v) is 11.0. The first-order valence-electron chi connectivity index (χ1n) is 19.7. The Bertz CT molecular complexity index is 1870. The van der Waals surface area contributed by atoms with Crippen LogP contribution in [0.15, 0.2) is 72.8 Å². The Morgan fingerprint density at radius 3 is 1.46 bits per heavy atom. The van der Waals surface area contributed by atoms with Crippen LogP contribution >= 0.6 is 11.6 Å². The molecule has 1 aliphatic rings. The van der Waals surface area contributed by atoms with Gasteiger partial charge in [0.05, 0.1) is 10.4 Å². The molecule has 3 heteroatoms. The maximum absolute atomic E-state index is 12.8. The number of rotatable bonds is 8. The van der Waals surface area contributed by atoms with Gasteiger partial charge in [-0.15, -0.1) is 11.6 Å². The molecule has 1 heterocycles. The van der Waals surface area contributed by atoms with Crippen molar-refractivity contribution in [2.45, 2.75) is 164 Å². The van der Waals surface area contributed by atoms with Crippen molar-refractivity contribution in [3.63, 3.8) is 0 Å². The van der Waals surface area contributed by atoms with Crippen LogP contribution < -0.4 is 0 Å². The SMILES string of the molecule is CC(C)(C)CC(C)(C)c1ccc2c(c1)c1cc(C(C)(C)CC(C)(C)C)ccc1n2C1(C)CC(Cl)(C(C)(C)CC(C)(C)C)C=C(c2ccccc2)C1O. The molecule has 1 aliphatic carbocycles. The van der Waals surface area contributed by atoms with Gasteiger partial charge in [0.1, 0.15) is 6.10 Å². The summed E-state index contributed by atoms with van der Waals surface area (Å²) in [6.07, 6.45) is 5.13. The quantitative estimate of drug-likeness (QED) is 0.180. The molecule has 0 fully saturated rings. The van der Waals surface area contributed by atoms with Crippen LogP contribution in [0.5, 0.6) is 0 Å². The molecular weight excluding hydrogens is 654 g/mol. The maximum Gasteiger partial charge on any atom is 0.103 e. The fourth-order valence-electron chi connectivity index (χ4n) is 10.6. The van der Waals surface area contributed by atoms with E-state index in [0.717, 1.165) is 41.4 Å². The summed E-state index contributed by atoms with van der Waals surface area (Å²) in [5, 5.41) is 15.3. The van der Waals surface area contributed by atoms with Gasteiger partial charge in [0, 0.05) is 21.8 Å². The number of fused-ring (bicyclic) bond motifs is 3. The van der Waals surface area contributed by atoms with E-state index in [9.17, 15) is 5.11 Å². The normalized spacial score (nSPS) is 22.7. The van der Waals surface area contributed by atoms with E-state index in [-0.39, 0.29) is 32.5 Å². The molecule has 3 atom stereocenters. The summed E-state index contributed by atoms with van der Waals surface area (Å²) in [5.41, 5.74) is 6.38. The number of benzene rings is 3. The molecule has 284 valence electrons. The molecule has 52 heavy (non-hydrogen) atoms. The smallest absolute Gasteiger partial charge is 0.103 e. The molecular formula is C49H70ClNO. The van der Waals surface area contributed by atoms with E-state index < -0.39 is 16.5 Å². The van der Waals surface area contributed by atoms with E-state index in [4.69, 9.17) is 11.6 Å². The van der Waals surface area contributed by atoms with E-state index in [1.54, 1.807) is 0 Å². The molecule has 3 unspecified atom stereocenters. The molecule has 3 aromatic carbocycles. The molecule has 0 bridgehead atoms. The topological polar surface area (TPSA) is 25.2 Å². The summed E-state index contributed by atoms with van der Waals surface area (Å²) in [7, 11) is 0. The third-order valence-corrected chi connectivity index (χ3v) is 12.6. The number of nitrogens with zero attached hydrogens (tertiary/aromatic N) is 1. The molecule has 1 aromatic heterocycles. The number of hydrogen-bond acceptors (Lipinski definition) is 1. The summed E-state index contributed by atoms with van der Waals surface area (Å²) in [5.74, 6) is 0. The van der Waals surface area contributed by atoms with Crippen molar-refractivity contribution in [3.8, 4) is 0 Å². The lowest BCUT2D eigenvalue weighted by Gasteiger charge is -2.53. The van der Waals surface area contributed by atoms with Crippen LogP contribution in [0.2, 0.25) is 0 Å². The summed E-state index contributed by atoms with van der Waals surface area (Å²) < 4.78 is 2.48. The monoisotopic (exact) mass is 724 g/mol. The van der Waals surface area contributed by atoms with Crippen molar-refractivity contribution in [2.24, 2.45) is 21.7 Å². The highest BCUT2D eigenvalue weighted by Crippen LogP contribution is 2.57. The summed E-state index contributed by atoms with van der Waals surface area (Å²) in [6, 6.07) is 24.7. The minimum Gasteiger partial charge on any atom is -0.386 e. The number of aliphatic hydroxyl groups is 1. The number of halogens is 1. The highest BCUT2D eigenvalue weighted by Gasteiger charge is 2.55. The largest absolute Gasteiger partial charge is 0.386 e. The van der Waals surface area contributed by atoms with Crippen LogP contribution in [0, 0.1) is 21.7 Å². The van der Waals surface area contributed by atoms with Crippen LogP contribution in [-0.4, -0.2) is 20.7 Å². The van der Waals surface area contributed by atoms with Crippen molar-refractivity contribution in [1.29, 1.82) is 0 Å². The molecule has 0 radical (unpaired) electrons. The van der Waals surface area contributed by atoms with Gasteiger partial charge in [-0.1, -0.05) is 152 Å². The van der Waals surface area contributed by atoms with Crippen LogP contribution in [-0.2, 0) is 16.4 Å². The Morgan fingerprint density at radius 1 is 0.635 bits per heavy atom. The van der Waals surface area contributed by atoms with Gasteiger partial charge in [-0.05, 0) is 112 Å². The minimum absolute atomic E-state index is 0.0102. The molecule has 4 aromatic rings. The van der Waals surface area contributed by atoms with Crippen LogP contribution in [0.4, 0.5) is 0 Å². The summed E-state index contributed by atoms with van der Waals surface area (Å²) in [6.45, 7) is 37.4. The zero-order chi connectivity index (χ0) is 39.1. The molecule has 0 amide bonds. The van der Waals surface area contributed by atoms with Gasteiger partial charge in [0.25, 0.3) is 0 Å². The van der Waals surface area contributed by atoms with Gasteiger partial charge in [-0.2, -0.15) is 0 Å². The van der Waals surface area contributed by atoms with Crippen molar-refractivity contribution in [3.05, 3.63) is 89.5 Å². The standard InChI is InChI=1S/C49H70ClNO/c1-42(2,3)29-45(10,11)34-22-24-39-36(26-34)37-27-35(46(12,13)30-43(4,5)6)23-25-40(37)51(39)48(16)32-49(50,47(14,15)31-44(7,8)9)28-38(41(48)52)33-20-18-17-19-21-33/h17-28,41,52H,29-32H2,1-16H3. The lowest BCUT2D eigenvalue weighted by molar-refractivity contribution is 0.0489. The number of hydrogen-bond donors (Lipinski definition) is 1. The zero-order valence-corrected chi connectivity index (χ0v) is 36.4. The van der Waals surface area contributed by atoms with Crippen molar-refractivity contribution in [2.75, 3.05) is 0 Å². The highest BCUT2D eigenvalue weighted by atomic mass is 35.5. The lowest BCUT2D eigenvalue weighted by Crippen LogP contribution is -2.55. The number of alkyl halides is 1. The van der Waals surface area contributed by atoms with Crippen LogP contribution in [0.25, 0.3) is 27.4 Å². The van der Waals surface area contributed by atoms with Crippen molar-refractivity contribution >= 4 is 39.0 Å². The number of allylic oxidation sites excluding steroid dienone is 1. The fraction of sp³-hybridized carbons (Fsp3) is 0.592. The van der Waals surface area contributed by atoms with Gasteiger partial charge in [-0.25, -0.2) is 0 Å². The second-order valence-corrected chi connectivity index (χ2v) is 23.1. The van der Waals surface area contributed by atoms with Gasteiger partial charge < -0.3 is 9.67 Å². The minimum atomic E-state index is -0.778. The molecule has 0 aliphatic heterocycles. The number of aromatic nitrogens is 1. The van der Waals surface area contributed by atoms with Crippen LogP contribution in [0.3, 0.4) is 0 Å². The van der Waals surface area contributed by atoms with Crippen molar-refractivity contribution in [1.82, 2.24) is 4.57 Å². The Hall–Kier alpha value is -2.55. The predicted molar refractivity (Wildman–Crippen MR) is 229 cm³/mol. The van der Waals surface area contributed by atoms with Gasteiger partial charge in [-0.3, -0.25) is 0 Å². The van der Waals surface area contributed by atoms with E-state index >= 15 is 0 Å².